The van der Waals surface area contributed by atoms with Gasteiger partial charge in [-0.15, -0.1) is 0 Å². The molecule has 0 fully saturated rings. The first-order valence-corrected chi connectivity index (χ1v) is 11.7. The molecule has 0 radical (unpaired) electrons. The second kappa shape index (κ2) is 8.36. The molecule has 8 nitrogen and oxygen atoms in total. The van der Waals surface area contributed by atoms with Crippen molar-refractivity contribution in [3.63, 3.8) is 0 Å². The van der Waals surface area contributed by atoms with E-state index in [9.17, 15) is 30.8 Å². The number of hydrogen-bond donors (Lipinski definition) is 1. The van der Waals surface area contributed by atoms with Crippen LogP contribution in [0.5, 0.6) is 0 Å². The molecule has 0 unspecified atom stereocenters. The molecule has 1 aliphatic heterocycles. The Morgan fingerprint density at radius 1 is 1.11 bits per heavy atom. The van der Waals surface area contributed by atoms with Crippen LogP contribution in [0.2, 0.25) is 0 Å². The van der Waals surface area contributed by atoms with Crippen molar-refractivity contribution < 1.29 is 30.8 Å². The van der Waals surface area contributed by atoms with Gasteiger partial charge in [0.05, 0.1) is 16.8 Å². The van der Waals surface area contributed by atoms with E-state index in [0.717, 1.165) is 29.5 Å². The Bertz CT molecular complexity index is 1430. The summed E-state index contributed by atoms with van der Waals surface area (Å²) >= 11 is 0. The third-order valence-corrected chi connectivity index (χ3v) is 6.50. The molecular weight excluding hydrogens is 490 g/mol. The monoisotopic (exact) mass is 509 g/mol. The van der Waals surface area contributed by atoms with E-state index in [4.69, 9.17) is 5.14 Å². The van der Waals surface area contributed by atoms with Crippen LogP contribution >= 0.6 is 0 Å². The molecule has 0 aliphatic carbocycles. The first-order chi connectivity index (χ1) is 16.2. The van der Waals surface area contributed by atoms with Crippen LogP contribution in [0.25, 0.3) is 0 Å². The maximum absolute atomic E-state index is 14.0. The predicted molar refractivity (Wildman–Crippen MR) is 117 cm³/mol. The van der Waals surface area contributed by atoms with E-state index >= 15 is 0 Å². The number of amides is 1. The van der Waals surface area contributed by atoms with Crippen molar-refractivity contribution in [2.24, 2.45) is 5.14 Å². The largest absolute Gasteiger partial charge is 0.434 e. The maximum atomic E-state index is 14.0. The molecule has 2 aromatic heterocycles. The van der Waals surface area contributed by atoms with Gasteiger partial charge in [0.1, 0.15) is 5.82 Å². The van der Waals surface area contributed by atoms with Gasteiger partial charge in [0.2, 0.25) is 0 Å². The van der Waals surface area contributed by atoms with Crippen molar-refractivity contribution in [3.8, 4) is 0 Å². The molecule has 35 heavy (non-hydrogen) atoms. The van der Waals surface area contributed by atoms with E-state index < -0.39 is 49.7 Å². The number of fused-ring (bicyclic) bond motifs is 1. The number of aromatic nitrogens is 2. The highest BCUT2D eigenvalue weighted by atomic mass is 32.2. The molecule has 3 heterocycles. The minimum absolute atomic E-state index is 0.0169. The molecule has 0 bridgehead atoms. The number of sulfonamides is 1. The molecule has 1 aromatic carbocycles. The molecule has 0 atom stereocenters. The van der Waals surface area contributed by atoms with E-state index in [0.29, 0.717) is 11.1 Å². The first-order valence-electron chi connectivity index (χ1n) is 10.1. The van der Waals surface area contributed by atoms with Crippen LogP contribution in [0.15, 0.2) is 59.9 Å². The molecule has 184 valence electrons. The number of carbonyl (C=O) groups excluding carboxylic acids is 1. The molecular formula is C22H19F4N5O3S. The number of nitrogens with zero attached hydrogens (tertiary/aromatic N) is 4. The number of benzene rings is 1. The molecule has 0 saturated carbocycles. The number of pyridine rings is 2. The maximum Gasteiger partial charge on any atom is 0.434 e. The Labute approximate surface area is 198 Å². The van der Waals surface area contributed by atoms with Crippen molar-refractivity contribution >= 4 is 21.6 Å². The Hall–Kier alpha value is -3.42. The van der Waals surface area contributed by atoms with Crippen LogP contribution in [0, 0.1) is 5.82 Å². The van der Waals surface area contributed by atoms with Crippen LogP contribution in [-0.2, 0) is 28.3 Å². The number of hydrazine groups is 1. The van der Waals surface area contributed by atoms with Crippen molar-refractivity contribution in [2.45, 2.75) is 37.1 Å². The lowest BCUT2D eigenvalue weighted by Crippen LogP contribution is -2.52. The minimum atomic E-state index is -4.94. The third kappa shape index (κ3) is 4.49. The zero-order valence-electron chi connectivity index (χ0n) is 18.4. The van der Waals surface area contributed by atoms with Crippen molar-refractivity contribution in [2.75, 3.05) is 5.01 Å². The summed E-state index contributed by atoms with van der Waals surface area (Å²) in [5, 5.41) is 6.93. The Balaban J connectivity index is 1.93. The van der Waals surface area contributed by atoms with Crippen molar-refractivity contribution in [1.29, 1.82) is 0 Å². The fraction of sp³-hybridized carbons (Fsp3) is 0.227. The summed E-state index contributed by atoms with van der Waals surface area (Å²) < 4.78 is 78.9. The number of primary sulfonamides is 1. The molecule has 0 spiro atoms. The van der Waals surface area contributed by atoms with Crippen LogP contribution in [-0.4, -0.2) is 29.3 Å². The summed E-state index contributed by atoms with van der Waals surface area (Å²) in [4.78, 5) is 20.8. The van der Waals surface area contributed by atoms with E-state index in [-0.39, 0.29) is 12.2 Å². The van der Waals surface area contributed by atoms with E-state index in [1.54, 1.807) is 13.8 Å². The smallest absolute Gasteiger partial charge is 0.267 e. The standard InChI is InChI=1S/C22H19F4N5O3S/c1-21(2)17-10-14(23)6-5-13(17)12-30(21)31(15-7-9-28-18(11-15)35(27,33)34)20(32)16-4-3-8-29-19(16)22(24,25)26/h3-11H,12H2,1-2H3,(H2,27,33,34). The zero-order valence-corrected chi connectivity index (χ0v) is 19.2. The second-order valence-corrected chi connectivity index (χ2v) is 9.84. The number of alkyl halides is 3. The highest BCUT2D eigenvalue weighted by Gasteiger charge is 2.45. The number of halogens is 4. The minimum Gasteiger partial charge on any atom is -0.267 e. The van der Waals surface area contributed by atoms with Crippen molar-refractivity contribution in [3.05, 3.63) is 83.1 Å². The van der Waals surface area contributed by atoms with Gasteiger partial charge in [0.25, 0.3) is 15.9 Å². The summed E-state index contributed by atoms with van der Waals surface area (Å²) in [6, 6.07) is 8.44. The molecule has 2 N–H and O–H groups in total. The quantitative estimate of drug-likeness (QED) is 0.539. The van der Waals surface area contributed by atoms with Gasteiger partial charge < -0.3 is 0 Å². The highest BCUT2D eigenvalue weighted by Crippen LogP contribution is 2.42. The van der Waals surface area contributed by atoms with Crippen LogP contribution in [0.4, 0.5) is 23.2 Å². The van der Waals surface area contributed by atoms with Gasteiger partial charge in [-0.25, -0.2) is 27.9 Å². The van der Waals surface area contributed by atoms with E-state index in [1.165, 1.54) is 35.3 Å². The van der Waals surface area contributed by atoms with Crippen molar-refractivity contribution in [1.82, 2.24) is 15.0 Å². The van der Waals surface area contributed by atoms with Gasteiger partial charge in [-0.3, -0.25) is 9.78 Å². The fourth-order valence-electron chi connectivity index (χ4n) is 4.05. The highest BCUT2D eigenvalue weighted by molar-refractivity contribution is 7.89. The zero-order chi connectivity index (χ0) is 25.8. The average molecular weight is 509 g/mol. The summed E-state index contributed by atoms with van der Waals surface area (Å²) in [6.45, 7) is 3.34. The lowest BCUT2D eigenvalue weighted by molar-refractivity contribution is -0.141. The summed E-state index contributed by atoms with van der Waals surface area (Å²) in [5.41, 5.74) is -2.20. The van der Waals surface area contributed by atoms with Gasteiger partial charge in [0.15, 0.2) is 10.7 Å². The number of carbonyl (C=O) groups is 1. The topological polar surface area (TPSA) is 109 Å². The molecule has 4 rings (SSSR count). The number of rotatable bonds is 4. The first kappa shape index (κ1) is 24.7. The predicted octanol–water partition coefficient (Wildman–Crippen LogP) is 3.59. The molecule has 3 aromatic rings. The van der Waals surface area contributed by atoms with Crippen LogP contribution < -0.4 is 10.1 Å². The number of hydrogen-bond acceptors (Lipinski definition) is 6. The third-order valence-electron chi connectivity index (χ3n) is 5.69. The average Bonchev–Trinajstić information content (AvgIpc) is 3.03. The summed E-state index contributed by atoms with van der Waals surface area (Å²) in [6.07, 6.45) is -2.96. The van der Waals surface area contributed by atoms with Crippen LogP contribution in [0.3, 0.4) is 0 Å². The van der Waals surface area contributed by atoms with Gasteiger partial charge in [-0.05, 0) is 55.3 Å². The van der Waals surface area contributed by atoms with Crippen LogP contribution in [0.1, 0.15) is 41.0 Å². The SMILES string of the molecule is CC1(C)c2cc(F)ccc2CN1N(C(=O)c1cccnc1C(F)(F)F)c1ccnc(S(N)(=O)=O)c1. The lowest BCUT2D eigenvalue weighted by Gasteiger charge is -2.41. The van der Waals surface area contributed by atoms with E-state index in [2.05, 4.69) is 9.97 Å². The van der Waals surface area contributed by atoms with Gasteiger partial charge >= 0.3 is 6.18 Å². The van der Waals surface area contributed by atoms with E-state index in [1.807, 2.05) is 0 Å². The summed E-state index contributed by atoms with van der Waals surface area (Å²) in [5.74, 6) is -1.65. The molecule has 0 saturated heterocycles. The summed E-state index contributed by atoms with van der Waals surface area (Å²) in [7, 11) is -4.30. The van der Waals surface area contributed by atoms with Gasteiger partial charge in [0, 0.05) is 25.0 Å². The Kier molecular flexibility index (Phi) is 5.90. The Morgan fingerprint density at radius 3 is 2.49 bits per heavy atom. The fourth-order valence-corrected chi connectivity index (χ4v) is 4.54. The Morgan fingerprint density at radius 2 is 1.83 bits per heavy atom. The lowest BCUT2D eigenvalue weighted by atomic mass is 9.94. The normalized spacial score (nSPS) is 15.6. The molecule has 1 amide bonds. The number of anilines is 1. The number of nitrogens with two attached hydrogens (primary N) is 1. The molecule has 1 aliphatic rings. The second-order valence-electron chi connectivity index (χ2n) is 8.33. The van der Waals surface area contributed by atoms with Gasteiger partial charge in [-0.2, -0.15) is 18.2 Å². The molecule has 13 heteroatoms. The van der Waals surface area contributed by atoms with Gasteiger partial charge in [-0.1, -0.05) is 6.07 Å².